The van der Waals surface area contributed by atoms with Gasteiger partial charge in [-0.3, -0.25) is 0 Å². The third kappa shape index (κ3) is 3.50. The number of aryl methyl sites for hydroxylation is 1. The first-order valence-electron chi connectivity index (χ1n) is 8.08. The molecule has 1 atom stereocenters. The molecule has 0 amide bonds. The molecule has 0 saturated carbocycles. The summed E-state index contributed by atoms with van der Waals surface area (Å²) in [7, 11) is 0. The lowest BCUT2D eigenvalue weighted by Gasteiger charge is -2.06. The van der Waals surface area contributed by atoms with Gasteiger partial charge in [0.2, 0.25) is 6.23 Å². The molecule has 0 aliphatic carbocycles. The zero-order chi connectivity index (χ0) is 16.2. The molecule has 120 valence electrons. The van der Waals surface area contributed by atoms with Gasteiger partial charge in [-0.15, -0.1) is 5.10 Å². The van der Waals surface area contributed by atoms with Gasteiger partial charge >= 0.3 is 5.97 Å². The van der Waals surface area contributed by atoms with E-state index in [9.17, 15) is 4.79 Å². The van der Waals surface area contributed by atoms with Gasteiger partial charge in [-0.2, -0.15) is 0 Å². The van der Waals surface area contributed by atoms with Gasteiger partial charge in [0.25, 0.3) is 0 Å². The molecule has 1 aliphatic rings. The second kappa shape index (κ2) is 6.77. The average Bonchev–Trinajstić information content (AvgIpc) is 3.16. The average molecular weight is 311 g/mol. The maximum Gasteiger partial charge on any atom is 0.335 e. The number of hydrogen-bond acceptors (Lipinski definition) is 4. The van der Waals surface area contributed by atoms with Gasteiger partial charge in [-0.1, -0.05) is 49.2 Å². The van der Waals surface area contributed by atoms with E-state index < -0.39 is 6.23 Å². The van der Waals surface area contributed by atoms with Crippen LogP contribution < -0.4 is 0 Å². The summed E-state index contributed by atoms with van der Waals surface area (Å²) >= 11 is 0. The Hall–Kier alpha value is -2.43. The molecule has 1 aliphatic heterocycles. The van der Waals surface area contributed by atoms with Crippen LogP contribution >= 0.6 is 0 Å². The minimum Gasteiger partial charge on any atom is -0.433 e. The van der Waals surface area contributed by atoms with Crippen molar-refractivity contribution in [2.45, 2.75) is 45.8 Å². The maximum atomic E-state index is 11.4. The van der Waals surface area contributed by atoms with Gasteiger partial charge < -0.3 is 4.74 Å². The lowest BCUT2D eigenvalue weighted by molar-refractivity contribution is -0.143. The Balaban J connectivity index is 1.69. The second-order valence-corrected chi connectivity index (χ2v) is 5.88. The van der Waals surface area contributed by atoms with Crippen molar-refractivity contribution >= 4 is 5.97 Å². The number of ether oxygens (including phenoxy) is 1. The van der Waals surface area contributed by atoms with Crippen molar-refractivity contribution in [2.75, 3.05) is 0 Å². The van der Waals surface area contributed by atoms with E-state index in [0.29, 0.717) is 5.57 Å². The molecule has 0 radical (unpaired) electrons. The zero-order valence-electron chi connectivity index (χ0n) is 13.5. The number of carbonyl (C=O) groups is 1. The number of benzene rings is 1. The van der Waals surface area contributed by atoms with Gasteiger partial charge in [-0.05, 0) is 31.4 Å². The largest absolute Gasteiger partial charge is 0.433 e. The summed E-state index contributed by atoms with van der Waals surface area (Å²) in [6, 6.07) is 8.42. The number of carbonyl (C=O) groups excluding carboxylic acids is 1. The summed E-state index contributed by atoms with van der Waals surface area (Å²) in [5.74, 6) is -0.302. The number of unbranched alkanes of at least 4 members (excludes halogenated alkanes) is 2. The summed E-state index contributed by atoms with van der Waals surface area (Å²) in [6.45, 7) is 3.95. The van der Waals surface area contributed by atoms with Gasteiger partial charge in [0.15, 0.2) is 0 Å². The first kappa shape index (κ1) is 15.5. The molecule has 1 unspecified atom stereocenters. The van der Waals surface area contributed by atoms with Crippen molar-refractivity contribution in [3.05, 3.63) is 47.7 Å². The molecule has 0 saturated heterocycles. The fraction of sp³-hybridized carbons (Fsp3) is 0.389. The smallest absolute Gasteiger partial charge is 0.335 e. The topological polar surface area (TPSA) is 57.0 Å². The highest BCUT2D eigenvalue weighted by Crippen LogP contribution is 2.24. The number of esters is 1. The van der Waals surface area contributed by atoms with Gasteiger partial charge in [-0.25, -0.2) is 9.48 Å². The Morgan fingerprint density at radius 2 is 2.00 bits per heavy atom. The van der Waals surface area contributed by atoms with Crippen LogP contribution in [0.1, 0.15) is 44.9 Å². The summed E-state index contributed by atoms with van der Waals surface area (Å²) in [5, 5.41) is 8.25. The molecule has 0 N–H and O–H groups in total. The van der Waals surface area contributed by atoms with E-state index in [-0.39, 0.29) is 5.97 Å². The number of hydrogen-bond donors (Lipinski definition) is 0. The first-order chi connectivity index (χ1) is 11.2. The van der Waals surface area contributed by atoms with Crippen LogP contribution in [0.25, 0.3) is 11.3 Å². The highest BCUT2D eigenvalue weighted by molar-refractivity contribution is 5.89. The Morgan fingerprint density at radius 1 is 1.22 bits per heavy atom. The van der Waals surface area contributed by atoms with E-state index in [1.54, 1.807) is 23.9 Å². The summed E-state index contributed by atoms with van der Waals surface area (Å²) in [4.78, 5) is 11.4. The lowest BCUT2D eigenvalue weighted by Crippen LogP contribution is -2.09. The normalized spacial score (nSPS) is 17.2. The predicted octanol–water partition coefficient (Wildman–Crippen LogP) is 3.68. The fourth-order valence-corrected chi connectivity index (χ4v) is 2.60. The molecule has 2 aromatic rings. The van der Waals surface area contributed by atoms with E-state index in [0.717, 1.165) is 17.7 Å². The van der Waals surface area contributed by atoms with E-state index in [4.69, 9.17) is 4.74 Å². The second-order valence-electron chi connectivity index (χ2n) is 5.88. The molecule has 1 aromatic carbocycles. The van der Waals surface area contributed by atoms with Crippen molar-refractivity contribution in [2.24, 2.45) is 0 Å². The number of cyclic esters (lactones) is 1. The summed E-state index contributed by atoms with van der Waals surface area (Å²) in [5.41, 5.74) is 3.74. The van der Waals surface area contributed by atoms with E-state index in [1.807, 2.05) is 0 Å². The molecular weight excluding hydrogens is 290 g/mol. The first-order valence-corrected chi connectivity index (χ1v) is 8.08. The Bertz CT molecular complexity index is 716. The molecule has 0 fully saturated rings. The molecule has 0 spiro atoms. The molecule has 5 nitrogen and oxygen atoms in total. The standard InChI is InChI=1S/C18H21N3O2/c1-3-4-5-6-14-7-9-15(10-8-14)16-12-21(20-19-16)17-11-13(2)18(22)23-17/h7-12,17H,3-6H2,1-2H3. The van der Waals surface area contributed by atoms with Crippen LogP contribution in [0.2, 0.25) is 0 Å². The highest BCUT2D eigenvalue weighted by Gasteiger charge is 2.24. The SMILES string of the molecule is CCCCCc1ccc(-c2cn(C3C=C(C)C(=O)O3)nn2)cc1. The molecule has 0 bridgehead atoms. The Morgan fingerprint density at radius 3 is 2.65 bits per heavy atom. The van der Waals surface area contributed by atoms with Crippen LogP contribution in [0.3, 0.4) is 0 Å². The third-order valence-electron chi connectivity index (χ3n) is 4.03. The van der Waals surface area contributed by atoms with Gasteiger partial charge in [0.1, 0.15) is 5.69 Å². The number of nitrogens with zero attached hydrogens (tertiary/aromatic N) is 3. The number of rotatable bonds is 6. The van der Waals surface area contributed by atoms with Gasteiger partial charge in [0, 0.05) is 11.1 Å². The van der Waals surface area contributed by atoms with Gasteiger partial charge in [0.05, 0.1) is 6.20 Å². The summed E-state index contributed by atoms with van der Waals surface area (Å²) in [6.07, 6.45) is 7.91. The van der Waals surface area contributed by atoms with Crippen LogP contribution in [0.4, 0.5) is 0 Å². The molecule has 2 heterocycles. The Kier molecular flexibility index (Phi) is 4.55. The molecule has 3 rings (SSSR count). The quantitative estimate of drug-likeness (QED) is 0.603. The molecular formula is C18H21N3O2. The third-order valence-corrected chi connectivity index (χ3v) is 4.03. The van der Waals surface area contributed by atoms with Crippen LogP contribution in [-0.2, 0) is 16.0 Å². The monoisotopic (exact) mass is 311 g/mol. The van der Waals surface area contributed by atoms with E-state index >= 15 is 0 Å². The molecule has 5 heteroatoms. The predicted molar refractivity (Wildman–Crippen MR) is 87.6 cm³/mol. The van der Waals surface area contributed by atoms with E-state index in [2.05, 4.69) is 41.5 Å². The minimum atomic E-state index is -0.489. The Labute approximate surface area is 136 Å². The lowest BCUT2D eigenvalue weighted by atomic mass is 10.0. The fourth-order valence-electron chi connectivity index (χ4n) is 2.60. The highest BCUT2D eigenvalue weighted by atomic mass is 16.6. The van der Waals surface area contributed by atoms with Crippen molar-refractivity contribution < 1.29 is 9.53 Å². The maximum absolute atomic E-state index is 11.4. The zero-order valence-corrected chi connectivity index (χ0v) is 13.5. The minimum absolute atomic E-state index is 0.302. The van der Waals surface area contributed by atoms with Crippen molar-refractivity contribution in [3.63, 3.8) is 0 Å². The van der Waals surface area contributed by atoms with Crippen molar-refractivity contribution in [1.82, 2.24) is 15.0 Å². The van der Waals surface area contributed by atoms with E-state index in [1.165, 1.54) is 24.8 Å². The van der Waals surface area contributed by atoms with Crippen molar-refractivity contribution in [1.29, 1.82) is 0 Å². The molecule has 1 aromatic heterocycles. The van der Waals surface area contributed by atoms with Crippen LogP contribution in [0.15, 0.2) is 42.1 Å². The van der Waals surface area contributed by atoms with Crippen molar-refractivity contribution in [3.8, 4) is 11.3 Å². The molecule has 23 heavy (non-hydrogen) atoms. The van der Waals surface area contributed by atoms with Crippen LogP contribution in [0.5, 0.6) is 0 Å². The van der Waals surface area contributed by atoms with Crippen LogP contribution in [0, 0.1) is 0 Å². The summed E-state index contributed by atoms with van der Waals surface area (Å²) < 4.78 is 6.78. The number of aromatic nitrogens is 3. The van der Waals surface area contributed by atoms with Crippen LogP contribution in [-0.4, -0.2) is 21.0 Å².